The smallest absolute Gasteiger partial charge is 0.398 e. The van der Waals surface area contributed by atoms with Gasteiger partial charge in [0.15, 0.2) is 0 Å². The van der Waals surface area contributed by atoms with E-state index < -0.39 is 23.3 Å². The summed E-state index contributed by atoms with van der Waals surface area (Å²) in [6.07, 6.45) is -4.58. The molecule has 0 saturated carbocycles. The first-order chi connectivity index (χ1) is 9.29. The molecule has 0 spiro atoms. The second-order valence-electron chi connectivity index (χ2n) is 4.19. The van der Waals surface area contributed by atoms with Crippen molar-refractivity contribution in [3.8, 4) is 0 Å². The second-order valence-corrected chi connectivity index (χ2v) is 4.19. The van der Waals surface area contributed by atoms with E-state index in [9.17, 15) is 18.0 Å². The molecule has 0 radical (unpaired) electrons. The molecule has 4 nitrogen and oxygen atoms in total. The summed E-state index contributed by atoms with van der Waals surface area (Å²) in [7, 11) is 1.49. The van der Waals surface area contributed by atoms with Gasteiger partial charge in [-0.05, 0) is 19.1 Å². The Morgan fingerprint density at radius 2 is 2.05 bits per heavy atom. The fraction of sp³-hybridized carbons (Fsp3) is 0.462. The third-order valence-corrected chi connectivity index (χ3v) is 2.76. The topological polar surface area (TPSA) is 55.6 Å². The summed E-state index contributed by atoms with van der Waals surface area (Å²) in [4.78, 5) is 13.3. The summed E-state index contributed by atoms with van der Waals surface area (Å²) in [5, 5.41) is 0. The lowest BCUT2D eigenvalue weighted by Crippen LogP contribution is -2.31. The maximum atomic E-state index is 12.7. The summed E-state index contributed by atoms with van der Waals surface area (Å²) in [6, 6.07) is 3.30. The van der Waals surface area contributed by atoms with Gasteiger partial charge in [0.25, 0.3) is 5.91 Å². The van der Waals surface area contributed by atoms with E-state index in [4.69, 9.17) is 10.5 Å². The van der Waals surface area contributed by atoms with E-state index in [-0.39, 0.29) is 12.1 Å². The first-order valence-corrected chi connectivity index (χ1v) is 6.08. The normalized spacial score (nSPS) is 11.4. The van der Waals surface area contributed by atoms with Crippen LogP contribution in [0.25, 0.3) is 0 Å². The van der Waals surface area contributed by atoms with Gasteiger partial charge in [-0.1, -0.05) is 6.07 Å². The number of halogens is 3. The minimum Gasteiger partial charge on any atom is -0.398 e. The van der Waals surface area contributed by atoms with E-state index >= 15 is 0 Å². The molecule has 0 aliphatic rings. The van der Waals surface area contributed by atoms with Crippen molar-refractivity contribution in [3.63, 3.8) is 0 Å². The Balaban J connectivity index is 2.94. The first-order valence-electron chi connectivity index (χ1n) is 6.08. The Morgan fingerprint density at radius 3 is 2.60 bits per heavy atom. The number of ether oxygens (including phenoxy) is 1. The number of likely N-dealkylation sites (N-methyl/N-ethyl adjacent to an activating group) is 1. The van der Waals surface area contributed by atoms with Gasteiger partial charge >= 0.3 is 6.18 Å². The number of anilines is 1. The minimum absolute atomic E-state index is 0.154. The third kappa shape index (κ3) is 3.86. The zero-order valence-corrected chi connectivity index (χ0v) is 11.3. The van der Waals surface area contributed by atoms with E-state index in [0.29, 0.717) is 13.2 Å². The molecule has 2 N–H and O–H groups in total. The van der Waals surface area contributed by atoms with Crippen molar-refractivity contribution in [3.05, 3.63) is 29.3 Å². The first kappa shape index (κ1) is 16.3. The Morgan fingerprint density at radius 1 is 1.40 bits per heavy atom. The van der Waals surface area contributed by atoms with Gasteiger partial charge < -0.3 is 15.4 Å². The number of carbonyl (C=O) groups is 1. The van der Waals surface area contributed by atoms with Gasteiger partial charge in [0.1, 0.15) is 0 Å². The van der Waals surface area contributed by atoms with Crippen LogP contribution in [0.1, 0.15) is 22.8 Å². The van der Waals surface area contributed by atoms with E-state index in [1.54, 1.807) is 0 Å². The van der Waals surface area contributed by atoms with Crippen LogP contribution in [-0.4, -0.2) is 37.6 Å². The van der Waals surface area contributed by atoms with Crippen LogP contribution < -0.4 is 5.73 Å². The Hall–Kier alpha value is -1.76. The molecule has 0 bridgehead atoms. The highest BCUT2D eigenvalue weighted by molar-refractivity contribution is 5.99. The Kier molecular flexibility index (Phi) is 5.38. The van der Waals surface area contributed by atoms with Crippen molar-refractivity contribution >= 4 is 11.6 Å². The molecule has 0 atom stereocenters. The number of hydrogen-bond acceptors (Lipinski definition) is 3. The monoisotopic (exact) mass is 290 g/mol. The lowest BCUT2D eigenvalue weighted by Gasteiger charge is -2.19. The molecule has 0 saturated heterocycles. The zero-order valence-electron chi connectivity index (χ0n) is 11.3. The van der Waals surface area contributed by atoms with Gasteiger partial charge in [-0.25, -0.2) is 0 Å². The molecule has 112 valence electrons. The van der Waals surface area contributed by atoms with Crippen LogP contribution in [0.2, 0.25) is 0 Å². The number of hydrogen-bond donors (Lipinski definition) is 1. The third-order valence-electron chi connectivity index (χ3n) is 2.76. The Bertz CT molecular complexity index is 475. The minimum atomic E-state index is -4.58. The van der Waals surface area contributed by atoms with E-state index in [1.807, 2.05) is 6.92 Å². The van der Waals surface area contributed by atoms with Gasteiger partial charge in [0, 0.05) is 20.2 Å². The molecular weight excluding hydrogens is 273 g/mol. The van der Waals surface area contributed by atoms with E-state index in [1.165, 1.54) is 24.1 Å². The highest BCUT2D eigenvalue weighted by Gasteiger charge is 2.34. The van der Waals surface area contributed by atoms with Crippen molar-refractivity contribution in [2.24, 2.45) is 0 Å². The molecule has 0 aromatic heterocycles. The number of nitrogen functional groups attached to an aromatic ring is 1. The highest BCUT2D eigenvalue weighted by atomic mass is 19.4. The van der Waals surface area contributed by atoms with Crippen LogP contribution in [0.15, 0.2) is 18.2 Å². The fourth-order valence-corrected chi connectivity index (χ4v) is 1.65. The van der Waals surface area contributed by atoms with Crippen molar-refractivity contribution in [2.45, 2.75) is 13.1 Å². The average Bonchev–Trinajstić information content (AvgIpc) is 2.37. The summed E-state index contributed by atoms with van der Waals surface area (Å²) in [5.41, 5.74) is 3.76. The lowest BCUT2D eigenvalue weighted by atomic mass is 10.1. The largest absolute Gasteiger partial charge is 0.418 e. The van der Waals surface area contributed by atoms with Crippen molar-refractivity contribution < 1.29 is 22.7 Å². The van der Waals surface area contributed by atoms with Gasteiger partial charge in [0.2, 0.25) is 0 Å². The number of rotatable bonds is 5. The average molecular weight is 290 g/mol. The van der Waals surface area contributed by atoms with Gasteiger partial charge in [-0.15, -0.1) is 0 Å². The molecule has 1 aromatic rings. The summed E-state index contributed by atoms with van der Waals surface area (Å²) < 4.78 is 43.2. The molecule has 0 fully saturated rings. The Labute approximate surface area is 115 Å². The maximum Gasteiger partial charge on any atom is 0.418 e. The van der Waals surface area contributed by atoms with Crippen molar-refractivity contribution in [1.29, 1.82) is 0 Å². The van der Waals surface area contributed by atoms with Crippen molar-refractivity contribution in [2.75, 3.05) is 32.5 Å². The number of benzene rings is 1. The van der Waals surface area contributed by atoms with Crippen molar-refractivity contribution in [1.82, 2.24) is 4.90 Å². The van der Waals surface area contributed by atoms with Crippen LogP contribution in [0.3, 0.4) is 0 Å². The molecule has 0 aliphatic heterocycles. The molecule has 0 unspecified atom stereocenters. The predicted molar refractivity (Wildman–Crippen MR) is 69.3 cm³/mol. The van der Waals surface area contributed by atoms with Crippen LogP contribution in [0.5, 0.6) is 0 Å². The molecule has 1 aromatic carbocycles. The number of para-hydroxylation sites is 1. The fourth-order valence-electron chi connectivity index (χ4n) is 1.65. The quantitative estimate of drug-likeness (QED) is 0.669. The number of nitrogens with zero attached hydrogens (tertiary/aromatic N) is 1. The van der Waals surface area contributed by atoms with Gasteiger partial charge in [-0.2, -0.15) is 13.2 Å². The predicted octanol–water partition coefficient (Wildman–Crippen LogP) is 2.40. The number of nitrogens with two attached hydrogens (primary N) is 1. The number of alkyl halides is 3. The maximum absolute atomic E-state index is 12.7. The van der Waals surface area contributed by atoms with Crippen LogP contribution in [0, 0.1) is 0 Å². The van der Waals surface area contributed by atoms with Crippen LogP contribution >= 0.6 is 0 Å². The number of amides is 1. The van der Waals surface area contributed by atoms with Gasteiger partial charge in [0.05, 0.1) is 23.4 Å². The van der Waals surface area contributed by atoms with Crippen LogP contribution in [0.4, 0.5) is 18.9 Å². The van der Waals surface area contributed by atoms with Gasteiger partial charge in [-0.3, -0.25) is 4.79 Å². The molecular formula is C13H17F3N2O2. The number of carbonyl (C=O) groups excluding carboxylic acids is 1. The molecule has 0 heterocycles. The summed E-state index contributed by atoms with van der Waals surface area (Å²) >= 11 is 0. The summed E-state index contributed by atoms with van der Waals surface area (Å²) in [6.45, 7) is 2.92. The molecule has 7 heteroatoms. The lowest BCUT2D eigenvalue weighted by molar-refractivity contribution is -0.136. The second kappa shape index (κ2) is 6.60. The van der Waals surface area contributed by atoms with E-state index in [2.05, 4.69) is 0 Å². The molecule has 0 aliphatic carbocycles. The van der Waals surface area contributed by atoms with E-state index in [0.717, 1.165) is 6.07 Å². The van der Waals surface area contributed by atoms with Crippen LogP contribution in [-0.2, 0) is 10.9 Å². The molecule has 1 rings (SSSR count). The summed E-state index contributed by atoms with van der Waals surface area (Å²) in [5.74, 6) is -0.562. The standard InChI is InChI=1S/C13H17F3N2O2/c1-3-20-8-7-18(2)12(19)9-5-4-6-10(11(9)17)13(14,15)16/h4-6H,3,7-8,17H2,1-2H3. The SMILES string of the molecule is CCOCCN(C)C(=O)c1cccc(C(F)(F)F)c1N. The zero-order chi connectivity index (χ0) is 15.3. The molecule has 1 amide bonds. The molecule has 20 heavy (non-hydrogen) atoms. The highest BCUT2D eigenvalue weighted by Crippen LogP contribution is 2.35.